The van der Waals surface area contributed by atoms with Crippen LogP contribution in [0.5, 0.6) is 0 Å². The maximum atomic E-state index is 13.6. The maximum Gasteiger partial charge on any atom is 0.328 e. The number of rotatable bonds is 2. The molecule has 102 valence electrons. The highest BCUT2D eigenvalue weighted by Crippen LogP contribution is 2.23. The number of ether oxygens (including phenoxy) is 1. The molecule has 0 saturated carbocycles. The zero-order chi connectivity index (χ0) is 14.0. The van der Waals surface area contributed by atoms with E-state index >= 15 is 0 Å². The maximum absolute atomic E-state index is 13.6. The Morgan fingerprint density at radius 3 is 2.53 bits per heavy atom. The largest absolute Gasteiger partial charge is 0.467 e. The number of hydrogen-bond acceptors (Lipinski definition) is 3. The molecule has 2 rings (SSSR count). The molecule has 1 amide bonds. The van der Waals surface area contributed by atoms with Gasteiger partial charge in [0.05, 0.1) is 7.11 Å². The van der Waals surface area contributed by atoms with E-state index in [-0.39, 0.29) is 6.54 Å². The van der Waals surface area contributed by atoms with E-state index in [1.807, 2.05) is 0 Å². The first kappa shape index (κ1) is 13.5. The molecule has 6 heteroatoms. The smallest absolute Gasteiger partial charge is 0.328 e. The zero-order valence-corrected chi connectivity index (χ0v) is 10.4. The van der Waals surface area contributed by atoms with E-state index in [2.05, 4.69) is 4.74 Å². The average molecular weight is 269 g/mol. The van der Waals surface area contributed by atoms with E-state index < -0.39 is 35.1 Å². The van der Waals surface area contributed by atoms with E-state index in [1.165, 1.54) is 13.2 Å². The van der Waals surface area contributed by atoms with Crippen molar-refractivity contribution in [2.75, 3.05) is 13.7 Å². The number of likely N-dealkylation sites (tertiary alicyclic amines) is 1. The Kier molecular flexibility index (Phi) is 3.78. The van der Waals surface area contributed by atoms with Gasteiger partial charge in [0.2, 0.25) is 0 Å². The van der Waals surface area contributed by atoms with Gasteiger partial charge in [0.1, 0.15) is 23.2 Å². The Morgan fingerprint density at radius 2 is 1.95 bits per heavy atom. The lowest BCUT2D eigenvalue weighted by Gasteiger charge is -2.23. The molecule has 0 aliphatic carbocycles. The fraction of sp³-hybridized carbons (Fsp3) is 0.385. The molecule has 1 saturated heterocycles. The number of benzene rings is 1. The topological polar surface area (TPSA) is 46.6 Å². The van der Waals surface area contributed by atoms with Crippen molar-refractivity contribution in [3.8, 4) is 0 Å². The van der Waals surface area contributed by atoms with E-state index in [1.54, 1.807) is 0 Å². The SMILES string of the molecule is COC(=O)C1CCCN1C(=O)c1c(F)cccc1F. The predicted octanol–water partition coefficient (Wildman–Crippen LogP) is 1.74. The van der Waals surface area contributed by atoms with Crippen LogP contribution < -0.4 is 0 Å². The van der Waals surface area contributed by atoms with Crippen molar-refractivity contribution >= 4 is 11.9 Å². The molecule has 1 fully saturated rings. The van der Waals surface area contributed by atoms with Gasteiger partial charge in [0.15, 0.2) is 0 Å². The molecule has 0 radical (unpaired) electrons. The first-order valence-electron chi connectivity index (χ1n) is 5.89. The Bertz CT molecular complexity index is 498. The van der Waals surface area contributed by atoms with Gasteiger partial charge >= 0.3 is 5.97 Å². The fourth-order valence-corrected chi connectivity index (χ4v) is 2.24. The molecule has 1 aliphatic rings. The third kappa shape index (κ3) is 2.43. The van der Waals surface area contributed by atoms with Crippen molar-refractivity contribution in [3.63, 3.8) is 0 Å². The minimum atomic E-state index is -0.930. The third-order valence-corrected chi connectivity index (χ3v) is 3.16. The summed E-state index contributed by atoms with van der Waals surface area (Å²) in [6.07, 6.45) is 1.04. The molecular formula is C13H13F2NO3. The lowest BCUT2D eigenvalue weighted by molar-refractivity contribution is -0.145. The fourth-order valence-electron chi connectivity index (χ4n) is 2.24. The molecule has 1 atom stereocenters. The van der Waals surface area contributed by atoms with E-state index in [9.17, 15) is 18.4 Å². The normalized spacial score (nSPS) is 18.5. The highest BCUT2D eigenvalue weighted by atomic mass is 19.1. The zero-order valence-electron chi connectivity index (χ0n) is 10.4. The molecule has 1 heterocycles. The van der Waals surface area contributed by atoms with E-state index in [0.717, 1.165) is 17.0 Å². The molecule has 0 N–H and O–H groups in total. The number of hydrogen-bond donors (Lipinski definition) is 0. The molecule has 1 aromatic carbocycles. The van der Waals surface area contributed by atoms with Crippen LogP contribution in [0.3, 0.4) is 0 Å². The number of esters is 1. The average Bonchev–Trinajstić information content (AvgIpc) is 2.86. The molecule has 4 nitrogen and oxygen atoms in total. The Labute approximate surface area is 109 Å². The van der Waals surface area contributed by atoms with Crippen LogP contribution in [0.4, 0.5) is 8.78 Å². The van der Waals surface area contributed by atoms with Crippen LogP contribution in [0, 0.1) is 11.6 Å². The van der Waals surface area contributed by atoms with Crippen molar-refractivity contribution in [2.45, 2.75) is 18.9 Å². The van der Waals surface area contributed by atoms with E-state index in [0.29, 0.717) is 12.8 Å². The second-order valence-electron chi connectivity index (χ2n) is 4.28. The first-order valence-corrected chi connectivity index (χ1v) is 5.89. The summed E-state index contributed by atoms with van der Waals surface area (Å²) in [5.74, 6) is -3.24. The van der Waals surface area contributed by atoms with Crippen LogP contribution in [-0.4, -0.2) is 36.5 Å². The van der Waals surface area contributed by atoms with Crippen molar-refractivity contribution in [1.82, 2.24) is 4.90 Å². The summed E-state index contributed by atoms with van der Waals surface area (Å²) in [4.78, 5) is 24.8. The second kappa shape index (κ2) is 5.34. The van der Waals surface area contributed by atoms with Gasteiger partial charge in [-0.3, -0.25) is 4.79 Å². The van der Waals surface area contributed by atoms with E-state index in [4.69, 9.17) is 0 Å². The van der Waals surface area contributed by atoms with Crippen LogP contribution >= 0.6 is 0 Å². The predicted molar refractivity (Wildman–Crippen MR) is 62.4 cm³/mol. The van der Waals surface area contributed by atoms with Gasteiger partial charge in [-0.1, -0.05) is 6.07 Å². The van der Waals surface area contributed by atoms with Gasteiger partial charge < -0.3 is 9.64 Å². The molecule has 1 aliphatic heterocycles. The Hall–Kier alpha value is -1.98. The van der Waals surface area contributed by atoms with Gasteiger partial charge in [0.25, 0.3) is 5.91 Å². The van der Waals surface area contributed by atoms with Crippen LogP contribution in [-0.2, 0) is 9.53 Å². The summed E-state index contributed by atoms with van der Waals surface area (Å²) < 4.78 is 31.7. The summed E-state index contributed by atoms with van der Waals surface area (Å²) >= 11 is 0. The monoisotopic (exact) mass is 269 g/mol. The molecular weight excluding hydrogens is 256 g/mol. The summed E-state index contributed by atoms with van der Waals surface area (Å²) in [5, 5.41) is 0. The van der Waals surface area contributed by atoms with Gasteiger partial charge in [0, 0.05) is 6.54 Å². The number of halogens is 2. The van der Waals surface area contributed by atoms with Gasteiger partial charge in [-0.05, 0) is 25.0 Å². The number of carbonyl (C=O) groups is 2. The van der Waals surface area contributed by atoms with Crippen LogP contribution in [0.15, 0.2) is 18.2 Å². The van der Waals surface area contributed by atoms with Crippen molar-refractivity contribution < 1.29 is 23.1 Å². The van der Waals surface area contributed by atoms with Crippen molar-refractivity contribution in [1.29, 1.82) is 0 Å². The molecule has 0 aromatic heterocycles. The minimum Gasteiger partial charge on any atom is -0.467 e. The molecule has 0 bridgehead atoms. The first-order chi connectivity index (χ1) is 9.06. The van der Waals surface area contributed by atoms with Crippen LogP contribution in [0.1, 0.15) is 23.2 Å². The second-order valence-corrected chi connectivity index (χ2v) is 4.28. The summed E-state index contributed by atoms with van der Waals surface area (Å²) in [6.45, 7) is 0.284. The summed E-state index contributed by atoms with van der Waals surface area (Å²) in [7, 11) is 1.22. The minimum absolute atomic E-state index is 0.284. The molecule has 19 heavy (non-hydrogen) atoms. The number of amides is 1. The van der Waals surface area contributed by atoms with Crippen LogP contribution in [0.25, 0.3) is 0 Å². The number of nitrogens with zero attached hydrogens (tertiary/aromatic N) is 1. The lowest BCUT2D eigenvalue weighted by Crippen LogP contribution is -2.41. The van der Waals surface area contributed by atoms with Crippen molar-refractivity contribution in [3.05, 3.63) is 35.4 Å². The van der Waals surface area contributed by atoms with Gasteiger partial charge in [-0.2, -0.15) is 0 Å². The van der Waals surface area contributed by atoms with Gasteiger partial charge in [-0.25, -0.2) is 13.6 Å². The standard InChI is InChI=1S/C13H13F2NO3/c1-19-13(18)10-6-3-7-16(10)12(17)11-8(14)4-2-5-9(11)15/h2,4-5,10H,3,6-7H2,1H3. The van der Waals surface area contributed by atoms with Gasteiger partial charge in [-0.15, -0.1) is 0 Å². The number of carbonyl (C=O) groups excluding carboxylic acids is 2. The van der Waals surface area contributed by atoms with Crippen LogP contribution in [0.2, 0.25) is 0 Å². The number of methoxy groups -OCH3 is 1. The van der Waals surface area contributed by atoms with Crippen molar-refractivity contribution in [2.24, 2.45) is 0 Å². The molecule has 1 unspecified atom stereocenters. The lowest BCUT2D eigenvalue weighted by atomic mass is 10.1. The Morgan fingerprint density at radius 1 is 1.32 bits per heavy atom. The highest BCUT2D eigenvalue weighted by molar-refractivity contribution is 5.97. The quantitative estimate of drug-likeness (QED) is 0.768. The summed E-state index contributed by atoms with van der Waals surface area (Å²) in [6, 6.07) is 2.44. The molecule has 0 spiro atoms. The summed E-state index contributed by atoms with van der Waals surface area (Å²) in [5.41, 5.74) is -0.627. The Balaban J connectivity index is 2.31. The third-order valence-electron chi connectivity index (χ3n) is 3.16. The molecule has 1 aromatic rings. The highest BCUT2D eigenvalue weighted by Gasteiger charge is 2.37.